The van der Waals surface area contributed by atoms with Gasteiger partial charge in [0.2, 0.25) is 0 Å². The first-order valence-electron chi connectivity index (χ1n) is 4.66. The zero-order valence-electron chi connectivity index (χ0n) is 8.95. The monoisotopic (exact) mass is 248 g/mol. The molecule has 1 rings (SSSR count). The van der Waals surface area contributed by atoms with Gasteiger partial charge in [-0.05, 0) is 43.0 Å². The Hall–Kier alpha value is -0.500. The van der Waals surface area contributed by atoms with Crippen molar-refractivity contribution in [1.82, 2.24) is 0 Å². The van der Waals surface area contributed by atoms with Gasteiger partial charge in [0, 0.05) is 11.2 Å². The zero-order chi connectivity index (χ0) is 11.6. The van der Waals surface area contributed by atoms with E-state index in [0.29, 0.717) is 5.75 Å². The Bertz CT molecular complexity index is 411. The van der Waals surface area contributed by atoms with E-state index in [4.69, 9.17) is 20.7 Å². The van der Waals surface area contributed by atoms with Gasteiger partial charge in [0.25, 0.3) is 0 Å². The van der Waals surface area contributed by atoms with Crippen molar-refractivity contribution in [3.05, 3.63) is 28.8 Å². The minimum Gasteiger partial charge on any atom is -0.413 e. The van der Waals surface area contributed by atoms with Gasteiger partial charge in [-0.1, -0.05) is 13.0 Å². The van der Waals surface area contributed by atoms with E-state index in [1.54, 1.807) is 6.07 Å². The van der Waals surface area contributed by atoms with E-state index in [1.807, 2.05) is 19.9 Å². The van der Waals surface area contributed by atoms with Crippen molar-refractivity contribution >= 4 is 18.2 Å². The van der Waals surface area contributed by atoms with Gasteiger partial charge in [0.05, 0.1) is 0 Å². The van der Waals surface area contributed by atoms with Crippen LogP contribution in [-0.2, 0) is 11.0 Å². The van der Waals surface area contributed by atoms with Crippen LogP contribution in [0.1, 0.15) is 23.6 Å². The molecular formula is C10H14ClO3P. The summed E-state index contributed by atoms with van der Waals surface area (Å²) in [7, 11) is 0. The van der Waals surface area contributed by atoms with Gasteiger partial charge in [0.1, 0.15) is 5.75 Å². The predicted molar refractivity (Wildman–Crippen MR) is 61.6 cm³/mol. The largest absolute Gasteiger partial charge is 0.474 e. The molecule has 1 N–H and O–H groups in total. The highest BCUT2D eigenvalue weighted by molar-refractivity contribution is 7.80. The number of halogens is 1. The van der Waals surface area contributed by atoms with Crippen LogP contribution in [0, 0.1) is 13.8 Å². The molecular weight excluding hydrogens is 235 g/mol. The maximum atomic E-state index is 10.9. The second-order valence-electron chi connectivity index (χ2n) is 3.37. The van der Waals surface area contributed by atoms with Crippen LogP contribution in [0.3, 0.4) is 0 Å². The lowest BCUT2D eigenvalue weighted by Gasteiger charge is -2.13. The first kappa shape index (κ1) is 12.6. The Morgan fingerprint density at radius 2 is 2.00 bits per heavy atom. The number of hydrogen-bond acceptors (Lipinski definition) is 2. The Balaban J connectivity index is 3.13. The van der Waals surface area contributed by atoms with Crippen LogP contribution in [0.2, 0.25) is 0 Å². The van der Waals surface area contributed by atoms with E-state index in [-0.39, 0.29) is 0 Å². The summed E-state index contributed by atoms with van der Waals surface area (Å²) in [5.74, 6) is 0.366. The van der Waals surface area contributed by atoms with Crippen LogP contribution in [0.15, 0.2) is 12.1 Å². The standard InChI is InChI=1S/C10H14ClO3P/c1-4-9-5-6-10(8(3)7(9)2)14-15(11,12)13/h5-6H,4H2,1-3H3,(H,12,13). The average molecular weight is 249 g/mol. The van der Waals surface area contributed by atoms with Crippen molar-refractivity contribution < 1.29 is 14.0 Å². The van der Waals surface area contributed by atoms with Crippen molar-refractivity contribution in [2.75, 3.05) is 0 Å². The van der Waals surface area contributed by atoms with Gasteiger partial charge in [0.15, 0.2) is 0 Å². The summed E-state index contributed by atoms with van der Waals surface area (Å²) in [6.45, 7) is 1.87. The van der Waals surface area contributed by atoms with E-state index in [0.717, 1.165) is 17.5 Å². The third-order valence-electron chi connectivity index (χ3n) is 2.44. The number of aryl methyl sites for hydroxylation is 1. The van der Waals surface area contributed by atoms with E-state index in [2.05, 4.69) is 6.92 Å². The Labute approximate surface area is 94.4 Å². The molecule has 1 aromatic rings. The summed E-state index contributed by atoms with van der Waals surface area (Å²) in [4.78, 5) is 8.91. The zero-order valence-corrected chi connectivity index (χ0v) is 10.6. The van der Waals surface area contributed by atoms with E-state index >= 15 is 0 Å². The minimum absolute atomic E-state index is 0.366. The van der Waals surface area contributed by atoms with Gasteiger partial charge in [-0.3, -0.25) is 0 Å². The lowest BCUT2D eigenvalue weighted by molar-refractivity contribution is 0.399. The lowest BCUT2D eigenvalue weighted by atomic mass is 10.0. The van der Waals surface area contributed by atoms with Crippen LogP contribution in [0.25, 0.3) is 0 Å². The fourth-order valence-electron chi connectivity index (χ4n) is 1.46. The fourth-order valence-corrected chi connectivity index (χ4v) is 2.12. The molecule has 0 bridgehead atoms. The average Bonchev–Trinajstić information content (AvgIpc) is 2.11. The van der Waals surface area contributed by atoms with Crippen LogP contribution in [0.5, 0.6) is 5.75 Å². The van der Waals surface area contributed by atoms with Crippen LogP contribution in [-0.4, -0.2) is 4.89 Å². The molecule has 0 fully saturated rings. The third kappa shape index (κ3) is 3.23. The molecule has 3 nitrogen and oxygen atoms in total. The van der Waals surface area contributed by atoms with Crippen LogP contribution < -0.4 is 4.52 Å². The minimum atomic E-state index is -3.99. The molecule has 0 saturated heterocycles. The number of benzene rings is 1. The highest BCUT2D eigenvalue weighted by Gasteiger charge is 2.18. The predicted octanol–water partition coefficient (Wildman–Crippen LogP) is 3.58. The molecule has 5 heteroatoms. The van der Waals surface area contributed by atoms with Gasteiger partial charge >= 0.3 is 6.95 Å². The van der Waals surface area contributed by atoms with Crippen LogP contribution >= 0.6 is 18.2 Å². The summed E-state index contributed by atoms with van der Waals surface area (Å²) in [5.41, 5.74) is 3.12. The fraction of sp³-hybridized carbons (Fsp3) is 0.400. The molecule has 15 heavy (non-hydrogen) atoms. The van der Waals surface area contributed by atoms with Crippen molar-refractivity contribution in [3.8, 4) is 5.75 Å². The molecule has 0 aliphatic heterocycles. The molecule has 0 aliphatic rings. The molecule has 0 amide bonds. The molecule has 0 spiro atoms. The number of hydrogen-bond donors (Lipinski definition) is 1. The Morgan fingerprint density at radius 3 is 2.47 bits per heavy atom. The van der Waals surface area contributed by atoms with E-state index in [9.17, 15) is 4.57 Å². The van der Waals surface area contributed by atoms with Gasteiger partial charge < -0.3 is 9.42 Å². The van der Waals surface area contributed by atoms with Gasteiger partial charge in [-0.25, -0.2) is 4.57 Å². The highest BCUT2D eigenvalue weighted by Crippen LogP contribution is 2.48. The second kappa shape index (κ2) is 4.56. The third-order valence-corrected chi connectivity index (χ3v) is 3.07. The van der Waals surface area contributed by atoms with Crippen molar-refractivity contribution in [3.63, 3.8) is 0 Å². The first-order chi connectivity index (χ1) is 6.85. The molecule has 0 heterocycles. The molecule has 1 aromatic carbocycles. The second-order valence-corrected chi connectivity index (χ2v) is 5.74. The van der Waals surface area contributed by atoms with Crippen molar-refractivity contribution in [2.45, 2.75) is 27.2 Å². The summed E-state index contributed by atoms with van der Waals surface area (Å²) >= 11 is 5.15. The summed E-state index contributed by atoms with van der Waals surface area (Å²) < 4.78 is 15.7. The quantitative estimate of drug-likeness (QED) is 0.832. The molecule has 0 radical (unpaired) electrons. The smallest absolute Gasteiger partial charge is 0.413 e. The lowest BCUT2D eigenvalue weighted by Crippen LogP contribution is -1.95. The summed E-state index contributed by atoms with van der Waals surface area (Å²) in [6.07, 6.45) is 0.921. The molecule has 84 valence electrons. The topological polar surface area (TPSA) is 46.5 Å². The molecule has 1 unspecified atom stereocenters. The van der Waals surface area contributed by atoms with Crippen LogP contribution in [0.4, 0.5) is 0 Å². The van der Waals surface area contributed by atoms with Crippen molar-refractivity contribution in [2.24, 2.45) is 0 Å². The van der Waals surface area contributed by atoms with E-state index < -0.39 is 6.95 Å². The van der Waals surface area contributed by atoms with E-state index in [1.165, 1.54) is 5.56 Å². The summed E-state index contributed by atoms with van der Waals surface area (Å²) in [5, 5.41) is 0. The maximum Gasteiger partial charge on any atom is 0.474 e. The molecule has 1 atom stereocenters. The highest BCUT2D eigenvalue weighted by atomic mass is 35.7. The first-order valence-corrected chi connectivity index (χ1v) is 7.14. The van der Waals surface area contributed by atoms with Crippen molar-refractivity contribution in [1.29, 1.82) is 0 Å². The Kier molecular flexibility index (Phi) is 3.82. The molecule has 0 saturated carbocycles. The van der Waals surface area contributed by atoms with Gasteiger partial charge in [-0.15, -0.1) is 0 Å². The maximum absolute atomic E-state index is 10.9. The Morgan fingerprint density at radius 1 is 1.40 bits per heavy atom. The normalized spacial score (nSPS) is 14.7. The molecule has 0 aromatic heterocycles. The van der Waals surface area contributed by atoms with Gasteiger partial charge in [-0.2, -0.15) is 0 Å². The number of rotatable bonds is 3. The SMILES string of the molecule is CCc1ccc(OP(=O)(O)Cl)c(C)c1C. The summed E-state index contributed by atoms with van der Waals surface area (Å²) in [6, 6.07) is 3.55. The molecule has 0 aliphatic carbocycles.